The van der Waals surface area contributed by atoms with Crippen molar-refractivity contribution in [3.8, 4) is 23.0 Å². The lowest BCUT2D eigenvalue weighted by molar-refractivity contribution is -0.138. The van der Waals surface area contributed by atoms with E-state index >= 15 is 0 Å². The molecule has 9 heteroatoms. The van der Waals surface area contributed by atoms with Crippen LogP contribution in [0.5, 0.6) is 23.0 Å². The molecular formula is C29H37N3O6. The predicted molar refractivity (Wildman–Crippen MR) is 143 cm³/mol. The van der Waals surface area contributed by atoms with E-state index in [2.05, 4.69) is 10.2 Å². The number of ether oxygens (including phenoxy) is 4. The summed E-state index contributed by atoms with van der Waals surface area (Å²) >= 11 is 0. The molecule has 0 spiro atoms. The number of benzene rings is 2. The zero-order valence-corrected chi connectivity index (χ0v) is 22.3. The second kappa shape index (κ2) is 11.9. The monoisotopic (exact) mass is 523 g/mol. The van der Waals surface area contributed by atoms with E-state index in [1.165, 1.54) is 5.56 Å². The molecule has 1 atom stereocenters. The second-order valence-corrected chi connectivity index (χ2v) is 10.1. The van der Waals surface area contributed by atoms with Crippen LogP contribution >= 0.6 is 0 Å². The first kappa shape index (κ1) is 26.2. The molecule has 204 valence electrons. The molecule has 2 amide bonds. The molecule has 2 aromatic rings. The number of amides is 2. The van der Waals surface area contributed by atoms with Gasteiger partial charge in [0.25, 0.3) is 0 Å². The molecule has 0 aromatic heterocycles. The van der Waals surface area contributed by atoms with Crippen LogP contribution in [0.1, 0.15) is 36.8 Å². The van der Waals surface area contributed by atoms with Crippen LogP contribution in [0.2, 0.25) is 0 Å². The number of hydrogen-bond acceptors (Lipinski definition) is 7. The highest BCUT2D eigenvalue weighted by molar-refractivity contribution is 5.91. The maximum absolute atomic E-state index is 13.4. The van der Waals surface area contributed by atoms with Gasteiger partial charge in [0.1, 0.15) is 0 Å². The van der Waals surface area contributed by atoms with E-state index in [1.807, 2.05) is 35.2 Å². The Labute approximate surface area is 224 Å². The van der Waals surface area contributed by atoms with Crippen molar-refractivity contribution in [3.63, 3.8) is 0 Å². The van der Waals surface area contributed by atoms with Crippen molar-refractivity contribution in [3.05, 3.63) is 41.5 Å². The molecule has 5 rings (SSSR count). The number of hydrogen-bond donors (Lipinski definition) is 1. The lowest BCUT2D eigenvalue weighted by atomic mass is 9.93. The van der Waals surface area contributed by atoms with Gasteiger partial charge in [0.2, 0.25) is 11.8 Å². The van der Waals surface area contributed by atoms with Gasteiger partial charge >= 0.3 is 0 Å². The normalized spacial score (nSPS) is 19.2. The van der Waals surface area contributed by atoms with Gasteiger partial charge in [0, 0.05) is 50.8 Å². The van der Waals surface area contributed by atoms with E-state index in [1.54, 1.807) is 14.2 Å². The Morgan fingerprint density at radius 1 is 0.974 bits per heavy atom. The van der Waals surface area contributed by atoms with Gasteiger partial charge in [0.15, 0.2) is 23.0 Å². The highest BCUT2D eigenvalue weighted by atomic mass is 16.5. The second-order valence-electron chi connectivity index (χ2n) is 10.1. The van der Waals surface area contributed by atoms with Crippen LogP contribution in [0, 0.1) is 5.92 Å². The van der Waals surface area contributed by atoms with Crippen LogP contribution in [0.25, 0.3) is 0 Å². The molecule has 3 aliphatic heterocycles. The van der Waals surface area contributed by atoms with Gasteiger partial charge in [-0.3, -0.25) is 9.59 Å². The first-order chi connectivity index (χ1) is 18.5. The molecule has 3 heterocycles. The molecule has 9 nitrogen and oxygen atoms in total. The van der Waals surface area contributed by atoms with Gasteiger partial charge in [-0.2, -0.15) is 0 Å². The Hall–Kier alpha value is -3.46. The summed E-state index contributed by atoms with van der Waals surface area (Å²) in [5, 5.41) is 2.97. The smallest absolute Gasteiger partial charge is 0.227 e. The number of anilines is 1. The minimum Gasteiger partial charge on any atom is -0.493 e. The molecule has 1 saturated heterocycles. The molecule has 0 bridgehead atoms. The largest absolute Gasteiger partial charge is 0.493 e. The van der Waals surface area contributed by atoms with E-state index < -0.39 is 0 Å². The molecule has 0 aliphatic carbocycles. The fraction of sp³-hybridized carbons (Fsp3) is 0.517. The molecule has 0 radical (unpaired) electrons. The number of methoxy groups -OCH3 is 2. The van der Waals surface area contributed by atoms with Crippen molar-refractivity contribution in [1.29, 1.82) is 0 Å². The molecular weight excluding hydrogens is 486 g/mol. The maximum Gasteiger partial charge on any atom is 0.227 e. The first-order valence-electron chi connectivity index (χ1n) is 13.5. The van der Waals surface area contributed by atoms with Gasteiger partial charge < -0.3 is 34.1 Å². The number of carbonyl (C=O) groups is 2. The Kier molecular flexibility index (Phi) is 8.22. The minimum absolute atomic E-state index is 0.0461. The van der Waals surface area contributed by atoms with E-state index in [0.717, 1.165) is 43.5 Å². The van der Waals surface area contributed by atoms with Crippen molar-refractivity contribution in [2.24, 2.45) is 5.92 Å². The van der Waals surface area contributed by atoms with Crippen molar-refractivity contribution in [2.75, 3.05) is 58.9 Å². The van der Waals surface area contributed by atoms with E-state index in [-0.39, 0.29) is 17.7 Å². The van der Waals surface area contributed by atoms with Gasteiger partial charge in [-0.05, 0) is 61.2 Å². The van der Waals surface area contributed by atoms with E-state index in [0.29, 0.717) is 68.7 Å². The van der Waals surface area contributed by atoms with Crippen LogP contribution in [0.4, 0.5) is 5.69 Å². The topological polar surface area (TPSA) is 89.6 Å². The molecule has 38 heavy (non-hydrogen) atoms. The van der Waals surface area contributed by atoms with E-state index in [4.69, 9.17) is 18.9 Å². The number of piperidine rings is 1. The first-order valence-corrected chi connectivity index (χ1v) is 13.5. The Balaban J connectivity index is 1.12. The highest BCUT2D eigenvalue weighted by Gasteiger charge is 2.31. The van der Waals surface area contributed by atoms with Crippen molar-refractivity contribution < 1.29 is 28.5 Å². The summed E-state index contributed by atoms with van der Waals surface area (Å²) < 4.78 is 22.3. The Morgan fingerprint density at radius 3 is 2.53 bits per heavy atom. The zero-order valence-electron chi connectivity index (χ0n) is 22.3. The van der Waals surface area contributed by atoms with Gasteiger partial charge in [-0.1, -0.05) is 0 Å². The summed E-state index contributed by atoms with van der Waals surface area (Å²) in [5.74, 6) is 2.89. The van der Waals surface area contributed by atoms with E-state index in [9.17, 15) is 9.59 Å². The Bertz CT molecular complexity index is 1170. The average Bonchev–Trinajstić information content (AvgIpc) is 3.20. The minimum atomic E-state index is -0.0510. The van der Waals surface area contributed by atoms with Crippen LogP contribution in [0.3, 0.4) is 0 Å². The Morgan fingerprint density at radius 2 is 1.74 bits per heavy atom. The third-order valence-electron chi connectivity index (χ3n) is 7.57. The fourth-order valence-electron chi connectivity index (χ4n) is 5.51. The van der Waals surface area contributed by atoms with Crippen LogP contribution in [-0.4, -0.2) is 75.2 Å². The molecule has 0 saturated carbocycles. The quantitative estimate of drug-likeness (QED) is 0.594. The average molecular weight is 524 g/mol. The lowest BCUT2D eigenvalue weighted by Crippen LogP contribution is -2.46. The summed E-state index contributed by atoms with van der Waals surface area (Å²) in [6.07, 6.45) is 3.85. The van der Waals surface area contributed by atoms with Crippen LogP contribution < -0.4 is 24.3 Å². The SMILES string of the molecule is COc1cc2c(cc1OC)CN(C(=O)C1CCCN(CCC(=O)Nc3ccc4c(c3)OCCCO4)C1)CC2. The molecule has 1 unspecified atom stereocenters. The fourth-order valence-corrected chi connectivity index (χ4v) is 5.51. The standard InChI is InChI=1S/C29H37N3O6/c1-35-25-15-20-8-12-32(19-22(20)16-26(25)36-2)29(34)21-5-3-10-31(18-21)11-9-28(33)30-23-6-7-24-27(17-23)38-14-4-13-37-24/h6-7,15-17,21H,3-5,8-14,18-19H2,1-2H3,(H,30,33). The number of carbonyl (C=O) groups excluding carboxylic acids is 2. The number of nitrogens with zero attached hydrogens (tertiary/aromatic N) is 2. The van der Waals surface area contributed by atoms with Gasteiger partial charge in [-0.25, -0.2) is 0 Å². The number of likely N-dealkylation sites (tertiary alicyclic amines) is 1. The van der Waals surface area contributed by atoms with Gasteiger partial charge in [0.05, 0.1) is 33.4 Å². The highest BCUT2D eigenvalue weighted by Crippen LogP contribution is 2.34. The molecule has 1 fully saturated rings. The predicted octanol–water partition coefficient (Wildman–Crippen LogP) is 3.49. The molecule has 3 aliphatic rings. The summed E-state index contributed by atoms with van der Waals surface area (Å²) in [6.45, 7) is 4.74. The molecule has 2 aromatic carbocycles. The van der Waals surface area contributed by atoms with Gasteiger partial charge in [-0.15, -0.1) is 0 Å². The molecule has 1 N–H and O–H groups in total. The third kappa shape index (κ3) is 5.99. The van der Waals surface area contributed by atoms with Crippen LogP contribution in [-0.2, 0) is 22.6 Å². The lowest BCUT2D eigenvalue weighted by Gasteiger charge is -2.36. The summed E-state index contributed by atoms with van der Waals surface area (Å²) in [5.41, 5.74) is 3.02. The maximum atomic E-state index is 13.4. The van der Waals surface area contributed by atoms with Crippen molar-refractivity contribution in [1.82, 2.24) is 9.80 Å². The van der Waals surface area contributed by atoms with Crippen LogP contribution in [0.15, 0.2) is 30.3 Å². The number of rotatable bonds is 7. The number of fused-ring (bicyclic) bond motifs is 2. The zero-order chi connectivity index (χ0) is 26.5. The third-order valence-corrected chi connectivity index (χ3v) is 7.57. The summed E-state index contributed by atoms with van der Waals surface area (Å²) in [7, 11) is 3.27. The van der Waals surface area contributed by atoms with Crippen molar-refractivity contribution in [2.45, 2.75) is 38.6 Å². The summed E-state index contributed by atoms with van der Waals surface area (Å²) in [4.78, 5) is 30.3. The number of nitrogens with one attached hydrogen (secondary N) is 1. The van der Waals surface area contributed by atoms with Crippen molar-refractivity contribution >= 4 is 17.5 Å². The summed E-state index contributed by atoms with van der Waals surface area (Å²) in [6, 6.07) is 9.50.